The second-order valence-electron chi connectivity index (χ2n) is 3.21. The van der Waals surface area contributed by atoms with E-state index in [1.807, 2.05) is 0 Å². The summed E-state index contributed by atoms with van der Waals surface area (Å²) in [5.41, 5.74) is 0. The predicted octanol–water partition coefficient (Wildman–Crippen LogP) is 0.847. The summed E-state index contributed by atoms with van der Waals surface area (Å²) in [7, 11) is 0. The number of aliphatic hydroxyl groups excluding tert-OH is 2. The first-order valence-corrected chi connectivity index (χ1v) is 4.44. The van der Waals surface area contributed by atoms with Gasteiger partial charge in [-0.05, 0) is 34.6 Å². The van der Waals surface area contributed by atoms with Crippen molar-refractivity contribution in [2.45, 2.75) is 53.2 Å². The van der Waals surface area contributed by atoms with Gasteiger partial charge in [0.1, 0.15) is 5.78 Å². The largest absolute Gasteiger partial charge is 0.541 e. The fraction of sp³-hybridized carbons (Fsp3) is 0.800. The molecule has 0 aliphatic heterocycles. The molecule has 0 saturated heterocycles. The number of hydrogen-bond donors (Lipinski definition) is 2. The molecular weight excluding hydrogens is 232 g/mol. The number of hydrogen-bond acceptors (Lipinski definition) is 4. The van der Waals surface area contributed by atoms with Crippen LogP contribution < -0.4 is 0 Å². The van der Waals surface area contributed by atoms with Gasteiger partial charge in [0.15, 0.2) is 0 Å². The van der Waals surface area contributed by atoms with Crippen LogP contribution in [0.3, 0.4) is 0 Å². The Morgan fingerprint density at radius 1 is 1.13 bits per heavy atom. The van der Waals surface area contributed by atoms with Gasteiger partial charge < -0.3 is 19.8 Å². The minimum atomic E-state index is -0.167. The molecule has 5 heteroatoms. The quantitative estimate of drug-likeness (QED) is 0.434. The summed E-state index contributed by atoms with van der Waals surface area (Å²) in [6.45, 7) is 8.24. The van der Waals surface area contributed by atoms with Gasteiger partial charge in [0.05, 0.1) is 0 Å². The van der Waals surface area contributed by atoms with E-state index >= 15 is 0 Å². The van der Waals surface area contributed by atoms with E-state index in [4.69, 9.17) is 10.2 Å². The smallest absolute Gasteiger partial charge is 0.103 e. The summed E-state index contributed by atoms with van der Waals surface area (Å²) in [5, 5.41) is 16.1. The van der Waals surface area contributed by atoms with E-state index in [1.165, 1.54) is 13.2 Å². The van der Waals surface area contributed by atoms with Crippen molar-refractivity contribution in [2.75, 3.05) is 0 Å². The molecule has 0 amide bonds. The minimum absolute atomic E-state index is 0. The summed E-state index contributed by atoms with van der Waals surface area (Å²) in [6, 6.07) is 0. The van der Waals surface area contributed by atoms with E-state index in [-0.39, 0.29) is 46.1 Å². The molecule has 2 N–H and O–H groups in total. The molecule has 0 aliphatic rings. The Morgan fingerprint density at radius 2 is 1.33 bits per heavy atom. The number of Topliss-reactive ketones (excluding diaryl/α,β-unsaturated/α-hetero) is 1. The SMILES string of the molecule is CC(=O)C[C-]=O.CC(C)O.CC(C)O.[Ti]. The number of carbonyl (C=O) groups excluding carboxylic acids is 2. The minimum Gasteiger partial charge on any atom is -0.541 e. The van der Waals surface area contributed by atoms with Crippen LogP contribution in [0, 0.1) is 0 Å². The van der Waals surface area contributed by atoms with E-state index in [0.717, 1.165) is 0 Å². The average molecular weight is 253 g/mol. The fourth-order valence-corrected chi connectivity index (χ4v) is 0.102. The molecule has 0 aromatic rings. The van der Waals surface area contributed by atoms with E-state index in [0.29, 0.717) is 0 Å². The van der Waals surface area contributed by atoms with Gasteiger partial charge in [-0.1, -0.05) is 6.42 Å². The van der Waals surface area contributed by atoms with E-state index in [2.05, 4.69) is 0 Å². The zero-order valence-corrected chi connectivity index (χ0v) is 11.6. The monoisotopic (exact) mass is 253 g/mol. The second-order valence-corrected chi connectivity index (χ2v) is 3.21. The van der Waals surface area contributed by atoms with Crippen molar-refractivity contribution in [1.29, 1.82) is 0 Å². The molecule has 0 aliphatic carbocycles. The zero-order chi connectivity index (χ0) is 12.1. The predicted molar refractivity (Wildman–Crippen MR) is 55.7 cm³/mol. The Morgan fingerprint density at radius 3 is 1.33 bits per heavy atom. The summed E-state index contributed by atoms with van der Waals surface area (Å²) in [4.78, 5) is 19.1. The molecule has 0 spiro atoms. The van der Waals surface area contributed by atoms with Crippen molar-refractivity contribution in [3.63, 3.8) is 0 Å². The molecule has 0 aromatic carbocycles. The van der Waals surface area contributed by atoms with E-state index < -0.39 is 0 Å². The van der Waals surface area contributed by atoms with Crippen LogP contribution in [0.4, 0.5) is 0 Å². The van der Waals surface area contributed by atoms with Gasteiger partial charge in [-0.15, -0.1) is 0 Å². The number of carbonyl (C=O) groups is 1. The molecular formula is C10H21O4Ti-. The maximum Gasteiger partial charge on any atom is 0.103 e. The molecule has 0 heterocycles. The zero-order valence-electron chi connectivity index (χ0n) is 10.1. The summed E-state index contributed by atoms with van der Waals surface area (Å²) >= 11 is 0. The van der Waals surface area contributed by atoms with Crippen LogP contribution in [0.25, 0.3) is 0 Å². The number of aliphatic hydroxyl groups is 2. The average Bonchev–Trinajstić information content (AvgIpc) is 1.82. The van der Waals surface area contributed by atoms with Crippen LogP contribution in [-0.4, -0.2) is 34.5 Å². The van der Waals surface area contributed by atoms with Crippen LogP contribution in [-0.2, 0) is 31.3 Å². The van der Waals surface area contributed by atoms with Gasteiger partial charge in [0, 0.05) is 33.9 Å². The maximum absolute atomic E-state index is 9.78. The Labute approximate surface area is 107 Å². The molecule has 90 valence electrons. The Kier molecular flexibility index (Phi) is 31.6. The maximum atomic E-state index is 9.78. The van der Waals surface area contributed by atoms with Gasteiger partial charge >= 0.3 is 0 Å². The van der Waals surface area contributed by atoms with Gasteiger partial charge in [0.2, 0.25) is 0 Å². The molecule has 4 nitrogen and oxygen atoms in total. The summed E-state index contributed by atoms with van der Waals surface area (Å²) < 4.78 is 0. The Hall–Kier alpha value is -0.0257. The first-order chi connectivity index (χ1) is 6.23. The van der Waals surface area contributed by atoms with Crippen LogP contribution in [0.2, 0.25) is 0 Å². The third kappa shape index (κ3) is 226. The van der Waals surface area contributed by atoms with Crippen LogP contribution in [0.1, 0.15) is 41.0 Å². The normalized spacial score (nSPS) is 7.80. The molecule has 0 bridgehead atoms. The summed E-state index contributed by atoms with van der Waals surface area (Å²) in [5.74, 6) is -0.134. The second kappa shape index (κ2) is 19.5. The van der Waals surface area contributed by atoms with Crippen molar-refractivity contribution in [2.24, 2.45) is 0 Å². The fourth-order valence-electron chi connectivity index (χ4n) is 0.102. The molecule has 0 rings (SSSR count). The molecule has 0 atom stereocenters. The molecule has 0 unspecified atom stereocenters. The van der Waals surface area contributed by atoms with Gasteiger partial charge in [-0.3, -0.25) is 6.29 Å². The Bertz CT molecular complexity index is 124. The molecule has 0 radical (unpaired) electrons. The van der Waals surface area contributed by atoms with Gasteiger partial charge in [-0.25, -0.2) is 0 Å². The van der Waals surface area contributed by atoms with Crippen LogP contribution >= 0.6 is 0 Å². The molecule has 0 fully saturated rings. The van der Waals surface area contributed by atoms with Crippen molar-refractivity contribution in [1.82, 2.24) is 0 Å². The van der Waals surface area contributed by atoms with E-state index in [9.17, 15) is 9.59 Å². The summed E-state index contributed by atoms with van der Waals surface area (Å²) in [6.07, 6.45) is 1.06. The van der Waals surface area contributed by atoms with Crippen LogP contribution in [0.5, 0.6) is 0 Å². The third-order valence-electron chi connectivity index (χ3n) is 0.321. The van der Waals surface area contributed by atoms with Crippen molar-refractivity contribution < 1.29 is 41.5 Å². The number of rotatable bonds is 2. The third-order valence-corrected chi connectivity index (χ3v) is 0.321. The molecule has 15 heavy (non-hydrogen) atoms. The topological polar surface area (TPSA) is 74.6 Å². The first kappa shape index (κ1) is 24.3. The molecule has 0 aromatic heterocycles. The van der Waals surface area contributed by atoms with Crippen molar-refractivity contribution in [3.05, 3.63) is 0 Å². The Balaban J connectivity index is -0.0000000606. The van der Waals surface area contributed by atoms with Crippen molar-refractivity contribution in [3.8, 4) is 0 Å². The van der Waals surface area contributed by atoms with Gasteiger partial charge in [0.25, 0.3) is 0 Å². The van der Waals surface area contributed by atoms with E-state index in [1.54, 1.807) is 27.7 Å². The first-order valence-electron chi connectivity index (χ1n) is 4.44. The van der Waals surface area contributed by atoms with Crippen molar-refractivity contribution >= 4 is 12.1 Å². The van der Waals surface area contributed by atoms with Crippen LogP contribution in [0.15, 0.2) is 0 Å². The number of ketones is 1. The standard InChI is InChI=1S/C4H5O2.2C3H8O.Ti/c1-4(6)2-3-5;2*1-3(2)4;/h2H2,1H3;2*3-4H,1-2H3;/q-1;;;. The molecule has 0 saturated carbocycles. The van der Waals surface area contributed by atoms with Gasteiger partial charge in [-0.2, -0.15) is 0 Å².